The standard InChI is InChI=1S/C28H26N2O4/c1-19-9-3-5-15-25(19)33-17-27(31)29-23-13-7-12-22-21(23)11-8-14-24(22)30-28(32)18-34-26-16-6-4-10-20(26)2/h3-16H,17-18H2,1-2H3,(H,29,31)(H,30,32). The average Bonchev–Trinajstić information content (AvgIpc) is 2.84. The van der Waals surface area contributed by atoms with Crippen molar-refractivity contribution < 1.29 is 19.1 Å². The van der Waals surface area contributed by atoms with E-state index in [1.165, 1.54) is 0 Å². The average molecular weight is 455 g/mol. The Bertz CT molecular complexity index is 1230. The fourth-order valence-electron chi connectivity index (χ4n) is 3.62. The molecule has 0 aliphatic rings. The highest BCUT2D eigenvalue weighted by Crippen LogP contribution is 2.29. The van der Waals surface area contributed by atoms with Gasteiger partial charge in [-0.25, -0.2) is 0 Å². The van der Waals surface area contributed by atoms with Gasteiger partial charge in [0.25, 0.3) is 11.8 Å². The van der Waals surface area contributed by atoms with Crippen LogP contribution in [-0.2, 0) is 9.59 Å². The van der Waals surface area contributed by atoms with E-state index in [-0.39, 0.29) is 25.0 Å². The van der Waals surface area contributed by atoms with Gasteiger partial charge in [-0.05, 0) is 49.2 Å². The molecular weight excluding hydrogens is 428 g/mol. The number of rotatable bonds is 8. The summed E-state index contributed by atoms with van der Waals surface area (Å²) < 4.78 is 11.3. The van der Waals surface area contributed by atoms with Crippen molar-refractivity contribution in [2.45, 2.75) is 13.8 Å². The quantitative estimate of drug-likeness (QED) is 0.369. The molecule has 0 radical (unpaired) electrons. The van der Waals surface area contributed by atoms with Gasteiger partial charge in [-0.1, -0.05) is 60.7 Å². The summed E-state index contributed by atoms with van der Waals surface area (Å²) in [5, 5.41) is 7.43. The van der Waals surface area contributed by atoms with Gasteiger partial charge in [-0.3, -0.25) is 9.59 Å². The number of fused-ring (bicyclic) bond motifs is 1. The highest BCUT2D eigenvalue weighted by atomic mass is 16.5. The molecule has 34 heavy (non-hydrogen) atoms. The van der Waals surface area contributed by atoms with Crippen LogP contribution in [0.15, 0.2) is 84.9 Å². The number of ether oxygens (including phenoxy) is 2. The van der Waals surface area contributed by atoms with Crippen molar-refractivity contribution in [3.05, 3.63) is 96.1 Å². The maximum absolute atomic E-state index is 12.5. The first-order chi connectivity index (χ1) is 16.5. The molecule has 2 N–H and O–H groups in total. The topological polar surface area (TPSA) is 76.7 Å². The maximum atomic E-state index is 12.5. The zero-order valence-corrected chi connectivity index (χ0v) is 19.1. The van der Waals surface area contributed by atoms with Gasteiger partial charge in [-0.15, -0.1) is 0 Å². The largest absolute Gasteiger partial charge is 0.483 e. The van der Waals surface area contributed by atoms with Crippen LogP contribution >= 0.6 is 0 Å². The molecule has 0 aliphatic heterocycles. The van der Waals surface area contributed by atoms with Gasteiger partial charge in [0.1, 0.15) is 11.5 Å². The number of anilines is 2. The molecule has 0 spiro atoms. The summed E-state index contributed by atoms with van der Waals surface area (Å²) in [5.41, 5.74) is 3.21. The lowest BCUT2D eigenvalue weighted by Crippen LogP contribution is -2.21. The molecule has 0 bridgehead atoms. The van der Waals surface area contributed by atoms with E-state index in [1.54, 1.807) is 0 Å². The summed E-state index contributed by atoms with van der Waals surface area (Å²) in [4.78, 5) is 25.1. The normalized spacial score (nSPS) is 10.5. The lowest BCUT2D eigenvalue weighted by atomic mass is 10.1. The minimum absolute atomic E-state index is 0.103. The maximum Gasteiger partial charge on any atom is 0.262 e. The molecule has 0 fully saturated rings. The van der Waals surface area contributed by atoms with Gasteiger partial charge < -0.3 is 20.1 Å². The third-order valence-corrected chi connectivity index (χ3v) is 5.37. The van der Waals surface area contributed by atoms with Crippen molar-refractivity contribution in [1.29, 1.82) is 0 Å². The number of aryl methyl sites for hydroxylation is 2. The number of hydrogen-bond acceptors (Lipinski definition) is 4. The fourth-order valence-corrected chi connectivity index (χ4v) is 3.62. The number of para-hydroxylation sites is 2. The molecule has 4 aromatic carbocycles. The first kappa shape index (κ1) is 22.9. The van der Waals surface area contributed by atoms with Gasteiger partial charge in [0, 0.05) is 22.1 Å². The summed E-state index contributed by atoms with van der Waals surface area (Å²) in [5.74, 6) is 0.815. The third-order valence-electron chi connectivity index (χ3n) is 5.37. The molecule has 0 atom stereocenters. The second kappa shape index (κ2) is 10.5. The molecule has 4 rings (SSSR count). The minimum Gasteiger partial charge on any atom is -0.483 e. The smallest absolute Gasteiger partial charge is 0.262 e. The molecule has 172 valence electrons. The number of hydrogen-bond donors (Lipinski definition) is 2. The highest BCUT2D eigenvalue weighted by Gasteiger charge is 2.12. The van der Waals surface area contributed by atoms with E-state index in [1.807, 2.05) is 98.8 Å². The monoisotopic (exact) mass is 454 g/mol. The van der Waals surface area contributed by atoms with Crippen molar-refractivity contribution in [2.24, 2.45) is 0 Å². The summed E-state index contributed by atoms with van der Waals surface area (Å²) in [6.07, 6.45) is 0. The zero-order chi connectivity index (χ0) is 23.9. The van der Waals surface area contributed by atoms with E-state index in [0.717, 1.165) is 21.9 Å². The zero-order valence-electron chi connectivity index (χ0n) is 19.1. The van der Waals surface area contributed by atoms with Crippen LogP contribution in [0, 0.1) is 13.8 Å². The van der Waals surface area contributed by atoms with Crippen LogP contribution in [0.25, 0.3) is 10.8 Å². The Labute approximate surface area is 198 Å². The SMILES string of the molecule is Cc1ccccc1OCC(=O)Nc1cccc2c(NC(=O)COc3ccccc3C)cccc12. The fraction of sp³-hybridized carbons (Fsp3) is 0.143. The molecular formula is C28H26N2O4. The first-order valence-electron chi connectivity index (χ1n) is 11.0. The van der Waals surface area contributed by atoms with Gasteiger partial charge >= 0.3 is 0 Å². The molecule has 0 aromatic heterocycles. The Morgan fingerprint density at radius 3 is 1.41 bits per heavy atom. The van der Waals surface area contributed by atoms with Crippen molar-refractivity contribution in [3.63, 3.8) is 0 Å². The Balaban J connectivity index is 1.43. The van der Waals surface area contributed by atoms with Crippen molar-refractivity contribution in [1.82, 2.24) is 0 Å². The van der Waals surface area contributed by atoms with E-state index in [2.05, 4.69) is 10.6 Å². The predicted molar refractivity (Wildman–Crippen MR) is 135 cm³/mol. The lowest BCUT2D eigenvalue weighted by Gasteiger charge is -2.14. The van der Waals surface area contributed by atoms with Gasteiger partial charge in [0.05, 0.1) is 0 Å². The lowest BCUT2D eigenvalue weighted by molar-refractivity contribution is -0.118. The predicted octanol–water partition coefficient (Wildman–Crippen LogP) is 5.49. The summed E-state index contributed by atoms with van der Waals surface area (Å²) in [7, 11) is 0. The van der Waals surface area contributed by atoms with Crippen LogP contribution in [0.2, 0.25) is 0 Å². The first-order valence-corrected chi connectivity index (χ1v) is 11.0. The molecule has 0 saturated heterocycles. The molecule has 0 saturated carbocycles. The van der Waals surface area contributed by atoms with Gasteiger partial charge in [0.2, 0.25) is 0 Å². The van der Waals surface area contributed by atoms with Crippen LogP contribution < -0.4 is 20.1 Å². The van der Waals surface area contributed by atoms with Crippen molar-refractivity contribution in [2.75, 3.05) is 23.8 Å². The van der Waals surface area contributed by atoms with Crippen LogP contribution in [-0.4, -0.2) is 25.0 Å². The van der Waals surface area contributed by atoms with Crippen LogP contribution in [0.4, 0.5) is 11.4 Å². The second-order valence-corrected chi connectivity index (χ2v) is 7.91. The number of carbonyl (C=O) groups excluding carboxylic acids is 2. The second-order valence-electron chi connectivity index (χ2n) is 7.91. The summed E-state index contributed by atoms with van der Waals surface area (Å²) in [6.45, 7) is 3.65. The Morgan fingerprint density at radius 2 is 1.00 bits per heavy atom. The summed E-state index contributed by atoms with van der Waals surface area (Å²) in [6, 6.07) is 26.2. The van der Waals surface area contributed by atoms with E-state index < -0.39 is 0 Å². The molecule has 0 unspecified atom stereocenters. The number of benzene rings is 4. The van der Waals surface area contributed by atoms with Crippen LogP contribution in [0.5, 0.6) is 11.5 Å². The molecule has 6 heteroatoms. The minimum atomic E-state index is -0.267. The summed E-state index contributed by atoms with van der Waals surface area (Å²) >= 11 is 0. The number of nitrogens with one attached hydrogen (secondary N) is 2. The Hall–Kier alpha value is -4.32. The van der Waals surface area contributed by atoms with E-state index in [9.17, 15) is 9.59 Å². The van der Waals surface area contributed by atoms with E-state index >= 15 is 0 Å². The number of carbonyl (C=O) groups is 2. The van der Waals surface area contributed by atoms with Crippen molar-refractivity contribution in [3.8, 4) is 11.5 Å². The Morgan fingerprint density at radius 1 is 0.588 bits per heavy atom. The van der Waals surface area contributed by atoms with E-state index in [0.29, 0.717) is 22.9 Å². The van der Waals surface area contributed by atoms with E-state index in [4.69, 9.17) is 9.47 Å². The molecule has 4 aromatic rings. The molecule has 0 aliphatic carbocycles. The molecule has 6 nitrogen and oxygen atoms in total. The molecule has 0 heterocycles. The Kier molecular flexibility index (Phi) is 7.08. The van der Waals surface area contributed by atoms with Crippen LogP contribution in [0.3, 0.4) is 0 Å². The molecule has 2 amide bonds. The third kappa shape index (κ3) is 5.53. The van der Waals surface area contributed by atoms with Gasteiger partial charge in [0.15, 0.2) is 13.2 Å². The highest BCUT2D eigenvalue weighted by molar-refractivity contribution is 6.09. The van der Waals surface area contributed by atoms with Gasteiger partial charge in [-0.2, -0.15) is 0 Å². The number of amides is 2. The van der Waals surface area contributed by atoms with Crippen LogP contribution in [0.1, 0.15) is 11.1 Å². The van der Waals surface area contributed by atoms with Crippen molar-refractivity contribution >= 4 is 34.0 Å².